The molecule has 0 amide bonds. The number of ether oxygens (including phenoxy) is 1. The molecule has 0 bridgehead atoms. The molecule has 1 aromatic heterocycles. The zero-order valence-corrected chi connectivity index (χ0v) is 18.3. The van der Waals surface area contributed by atoms with Gasteiger partial charge in [0.05, 0.1) is 11.6 Å². The van der Waals surface area contributed by atoms with Crippen molar-refractivity contribution in [2.75, 3.05) is 5.73 Å². The highest BCUT2D eigenvalue weighted by molar-refractivity contribution is 6.09. The lowest BCUT2D eigenvalue weighted by molar-refractivity contribution is -0.144. The number of rotatable bonds is 5. The topological polar surface area (TPSA) is 111 Å². The van der Waals surface area contributed by atoms with Gasteiger partial charge >= 0.3 is 5.97 Å². The minimum absolute atomic E-state index is 0.214. The van der Waals surface area contributed by atoms with Gasteiger partial charge in [-0.15, -0.1) is 0 Å². The minimum atomic E-state index is -0.652. The van der Waals surface area contributed by atoms with Gasteiger partial charge in [0.1, 0.15) is 11.9 Å². The monoisotopic (exact) mass is 422 g/mol. The Morgan fingerprint density at radius 3 is 2.48 bits per heavy atom. The van der Waals surface area contributed by atoms with E-state index in [4.69, 9.17) is 15.5 Å². The molecular formula is C24H30N4O3. The molecule has 2 aliphatic rings. The first-order chi connectivity index (χ1) is 14.8. The standard InChI is InChI=1S/C24H30N4O3/c1-4-18(23(29)30)16-9-5-14(6-10-16)15-7-11-17(12-8-15)20-24(2,3)31-22-19(28-20)21(25)26-13-27-22/h7-8,11-14,16,18H,4-6,9-10H2,1-3H3,(H,29,30)(H2,25,26,27). The van der Waals surface area contributed by atoms with E-state index >= 15 is 0 Å². The maximum Gasteiger partial charge on any atom is 0.306 e. The molecule has 2 aromatic rings. The lowest BCUT2D eigenvalue weighted by atomic mass is 9.73. The molecule has 7 nitrogen and oxygen atoms in total. The Hall–Kier alpha value is -2.96. The Kier molecular flexibility index (Phi) is 5.69. The van der Waals surface area contributed by atoms with Gasteiger partial charge in [0.2, 0.25) is 5.88 Å². The van der Waals surface area contributed by atoms with Crippen molar-refractivity contribution in [3.8, 4) is 5.88 Å². The molecule has 0 spiro atoms. The molecule has 1 saturated carbocycles. The smallest absolute Gasteiger partial charge is 0.306 e. The number of hydrogen-bond acceptors (Lipinski definition) is 6. The zero-order chi connectivity index (χ0) is 22.2. The summed E-state index contributed by atoms with van der Waals surface area (Å²) in [6.07, 6.45) is 6.10. The Morgan fingerprint density at radius 2 is 1.87 bits per heavy atom. The molecule has 1 aliphatic carbocycles. The van der Waals surface area contributed by atoms with Crippen LogP contribution in [-0.4, -0.2) is 32.4 Å². The average molecular weight is 423 g/mol. The second-order valence-corrected chi connectivity index (χ2v) is 9.07. The molecular weight excluding hydrogens is 392 g/mol. The van der Waals surface area contributed by atoms with Crippen LogP contribution >= 0.6 is 0 Å². The number of aliphatic carboxylic acids is 1. The molecule has 0 saturated heterocycles. The molecule has 4 rings (SSSR count). The summed E-state index contributed by atoms with van der Waals surface area (Å²) in [6, 6.07) is 8.49. The number of carboxylic acids is 1. The molecule has 0 radical (unpaired) electrons. The molecule has 1 aliphatic heterocycles. The van der Waals surface area contributed by atoms with Crippen LogP contribution in [0.15, 0.2) is 35.6 Å². The predicted molar refractivity (Wildman–Crippen MR) is 120 cm³/mol. The van der Waals surface area contributed by atoms with Crippen molar-refractivity contribution in [1.29, 1.82) is 0 Å². The summed E-state index contributed by atoms with van der Waals surface area (Å²) in [5.41, 5.74) is 8.88. The first-order valence-corrected chi connectivity index (χ1v) is 11.0. The number of aliphatic imine (C=N–C) groups is 1. The SMILES string of the molecule is CCC(C(=O)O)C1CCC(c2ccc(C3=Nc4c(N)ncnc4OC3(C)C)cc2)CC1. The maximum absolute atomic E-state index is 11.5. The predicted octanol–water partition coefficient (Wildman–Crippen LogP) is 4.74. The second kappa shape index (κ2) is 8.29. The average Bonchev–Trinajstić information content (AvgIpc) is 2.74. The van der Waals surface area contributed by atoms with Crippen LogP contribution in [0, 0.1) is 11.8 Å². The van der Waals surface area contributed by atoms with E-state index in [1.54, 1.807) is 0 Å². The normalized spacial score (nSPS) is 23.3. The van der Waals surface area contributed by atoms with E-state index in [1.165, 1.54) is 11.9 Å². The fourth-order valence-electron chi connectivity index (χ4n) is 4.98. The number of nitrogen functional groups attached to an aromatic ring is 1. The summed E-state index contributed by atoms with van der Waals surface area (Å²) in [5, 5.41) is 9.45. The molecule has 1 unspecified atom stereocenters. The van der Waals surface area contributed by atoms with Gasteiger partial charge < -0.3 is 15.6 Å². The summed E-state index contributed by atoms with van der Waals surface area (Å²) in [7, 11) is 0. The van der Waals surface area contributed by atoms with Crippen LogP contribution in [0.1, 0.15) is 69.9 Å². The van der Waals surface area contributed by atoms with Gasteiger partial charge in [0.25, 0.3) is 0 Å². The van der Waals surface area contributed by atoms with Crippen molar-refractivity contribution >= 4 is 23.2 Å². The van der Waals surface area contributed by atoms with Crippen LogP contribution in [0.5, 0.6) is 5.88 Å². The quantitative estimate of drug-likeness (QED) is 0.720. The Morgan fingerprint density at radius 1 is 1.19 bits per heavy atom. The van der Waals surface area contributed by atoms with E-state index in [0.29, 0.717) is 35.6 Å². The third-order valence-electron chi connectivity index (χ3n) is 6.72. The number of nitrogens with zero attached hydrogens (tertiary/aromatic N) is 3. The molecule has 1 aromatic carbocycles. The second-order valence-electron chi connectivity index (χ2n) is 9.07. The van der Waals surface area contributed by atoms with Crippen LogP contribution in [-0.2, 0) is 4.79 Å². The van der Waals surface area contributed by atoms with Crippen molar-refractivity contribution in [1.82, 2.24) is 9.97 Å². The number of nitrogens with two attached hydrogens (primary N) is 1. The highest BCUT2D eigenvalue weighted by atomic mass is 16.5. The van der Waals surface area contributed by atoms with Gasteiger partial charge in [-0.2, -0.15) is 4.98 Å². The molecule has 31 heavy (non-hydrogen) atoms. The van der Waals surface area contributed by atoms with Gasteiger partial charge in [0.15, 0.2) is 11.5 Å². The Labute approximate surface area is 182 Å². The van der Waals surface area contributed by atoms with Crippen LogP contribution in [0.25, 0.3) is 0 Å². The van der Waals surface area contributed by atoms with Crippen molar-refractivity contribution < 1.29 is 14.6 Å². The molecule has 2 heterocycles. The van der Waals surface area contributed by atoms with Crippen LogP contribution < -0.4 is 10.5 Å². The highest BCUT2D eigenvalue weighted by Gasteiger charge is 2.35. The van der Waals surface area contributed by atoms with Gasteiger partial charge in [0, 0.05) is 5.56 Å². The largest absolute Gasteiger partial charge is 0.481 e. The summed E-state index contributed by atoms with van der Waals surface area (Å²) < 4.78 is 6.07. The van der Waals surface area contributed by atoms with Gasteiger partial charge in [-0.05, 0) is 63.4 Å². The summed E-state index contributed by atoms with van der Waals surface area (Å²) in [6.45, 7) is 5.91. The van der Waals surface area contributed by atoms with Crippen LogP contribution in [0.4, 0.5) is 11.5 Å². The van der Waals surface area contributed by atoms with Crippen molar-refractivity contribution in [2.45, 2.75) is 64.4 Å². The third kappa shape index (κ3) is 4.13. The summed E-state index contributed by atoms with van der Waals surface area (Å²) in [4.78, 5) is 24.4. The first kappa shape index (κ1) is 21.3. The number of carboxylic acid groups (broad SMARTS) is 1. The maximum atomic E-state index is 11.5. The first-order valence-electron chi connectivity index (χ1n) is 11.0. The summed E-state index contributed by atoms with van der Waals surface area (Å²) >= 11 is 0. The summed E-state index contributed by atoms with van der Waals surface area (Å²) in [5.74, 6) is 0.605. The molecule has 164 valence electrons. The zero-order valence-electron chi connectivity index (χ0n) is 18.3. The lowest BCUT2D eigenvalue weighted by Gasteiger charge is -2.33. The fraction of sp³-hybridized carbons (Fsp3) is 0.500. The van der Waals surface area contributed by atoms with E-state index < -0.39 is 11.6 Å². The lowest BCUT2D eigenvalue weighted by Crippen LogP contribution is -2.41. The minimum Gasteiger partial charge on any atom is -0.481 e. The molecule has 1 atom stereocenters. The molecule has 3 N–H and O–H groups in total. The van der Waals surface area contributed by atoms with Crippen LogP contribution in [0.2, 0.25) is 0 Å². The van der Waals surface area contributed by atoms with Crippen LogP contribution in [0.3, 0.4) is 0 Å². The van der Waals surface area contributed by atoms with Crippen molar-refractivity contribution in [3.63, 3.8) is 0 Å². The molecule has 7 heteroatoms. The third-order valence-corrected chi connectivity index (χ3v) is 6.72. The Balaban J connectivity index is 1.51. The number of aromatic nitrogens is 2. The Bertz CT molecular complexity index is 992. The molecule has 1 fully saturated rings. The number of hydrogen-bond donors (Lipinski definition) is 2. The van der Waals surface area contributed by atoms with E-state index in [0.717, 1.165) is 37.0 Å². The van der Waals surface area contributed by atoms with Gasteiger partial charge in [-0.1, -0.05) is 31.2 Å². The highest BCUT2D eigenvalue weighted by Crippen LogP contribution is 2.41. The van der Waals surface area contributed by atoms with Gasteiger partial charge in [-0.25, -0.2) is 9.98 Å². The van der Waals surface area contributed by atoms with Crippen molar-refractivity contribution in [2.24, 2.45) is 16.8 Å². The van der Waals surface area contributed by atoms with E-state index in [-0.39, 0.29) is 5.92 Å². The number of carbonyl (C=O) groups is 1. The number of benzene rings is 1. The number of fused-ring (bicyclic) bond motifs is 1. The number of anilines is 1. The van der Waals surface area contributed by atoms with E-state index in [2.05, 4.69) is 34.2 Å². The van der Waals surface area contributed by atoms with E-state index in [1.807, 2.05) is 20.8 Å². The van der Waals surface area contributed by atoms with Crippen molar-refractivity contribution in [3.05, 3.63) is 41.7 Å². The van der Waals surface area contributed by atoms with E-state index in [9.17, 15) is 9.90 Å². The fourth-order valence-corrected chi connectivity index (χ4v) is 4.98. The van der Waals surface area contributed by atoms with Gasteiger partial charge in [-0.3, -0.25) is 4.79 Å².